The molecule has 0 bridgehead atoms. The molecule has 1 saturated heterocycles. The first-order valence-electron chi connectivity index (χ1n) is 12.6. The van der Waals surface area contributed by atoms with Crippen molar-refractivity contribution in [2.45, 2.75) is 19.6 Å². The van der Waals surface area contributed by atoms with Crippen LogP contribution in [0.4, 0.5) is 13.2 Å². The van der Waals surface area contributed by atoms with Crippen LogP contribution in [-0.2, 0) is 17.5 Å². The fraction of sp³-hybridized carbons (Fsp3) is 0.250. The summed E-state index contributed by atoms with van der Waals surface area (Å²) in [7, 11) is 0. The number of fused-ring (bicyclic) bond motifs is 1. The van der Waals surface area contributed by atoms with Crippen LogP contribution in [0.5, 0.6) is 0 Å². The third kappa shape index (κ3) is 7.45. The van der Waals surface area contributed by atoms with Crippen molar-refractivity contribution >= 4 is 29.5 Å². The van der Waals surface area contributed by atoms with Crippen LogP contribution in [0.25, 0.3) is 22.4 Å². The molecule has 0 unspecified atom stereocenters. The fourth-order valence-corrected chi connectivity index (χ4v) is 4.04. The molecule has 1 aliphatic rings. The molecule has 0 radical (unpaired) electrons. The third-order valence-corrected chi connectivity index (χ3v) is 6.17. The molecule has 4 rings (SSSR count). The number of benzene rings is 1. The number of hydrogen-bond acceptors (Lipinski definition) is 8. The first-order chi connectivity index (χ1) is 19.5. The molecule has 3 heterocycles. The van der Waals surface area contributed by atoms with Gasteiger partial charge in [0.1, 0.15) is 17.2 Å². The summed E-state index contributed by atoms with van der Waals surface area (Å²) in [6.45, 7) is 7.35. The van der Waals surface area contributed by atoms with E-state index < -0.39 is 17.6 Å². The summed E-state index contributed by atoms with van der Waals surface area (Å²) in [5.41, 5.74) is 5.22. The van der Waals surface area contributed by atoms with Gasteiger partial charge in [-0.3, -0.25) is 9.59 Å². The molecular weight excluding hydrogens is 539 g/mol. The zero-order valence-electron chi connectivity index (χ0n) is 22.2. The van der Waals surface area contributed by atoms with Crippen molar-refractivity contribution in [3.63, 3.8) is 0 Å². The van der Waals surface area contributed by atoms with E-state index in [4.69, 9.17) is 10.2 Å². The minimum absolute atomic E-state index is 0.0272. The average Bonchev–Trinajstić information content (AvgIpc) is 3.39. The topological polar surface area (TPSA) is 139 Å². The molecule has 41 heavy (non-hydrogen) atoms. The van der Waals surface area contributed by atoms with Crippen LogP contribution in [0.1, 0.15) is 28.6 Å². The van der Waals surface area contributed by atoms with Crippen LogP contribution in [-0.4, -0.2) is 59.6 Å². The van der Waals surface area contributed by atoms with E-state index in [9.17, 15) is 22.8 Å². The van der Waals surface area contributed by atoms with Gasteiger partial charge in [-0.05, 0) is 37.9 Å². The van der Waals surface area contributed by atoms with Gasteiger partial charge in [-0.1, -0.05) is 17.7 Å². The standard InChI is InChI=1S/C28H28F3N7O3/c1-17(3-5-23(32)33-2)4-6-24(39)35-16-21-12-18-11-19(13-22(25(18)41-21)28(29,30)31)26-36-14-20(15-37-26)27(40)38-9-7-34-8-10-38/h3-6,11-15,34H,2,7-10,16,32H2,1H3,(H,35,39)/b6-4+,17-3+,23-5-. The van der Waals surface area contributed by atoms with Crippen molar-refractivity contribution in [2.75, 3.05) is 26.2 Å². The maximum atomic E-state index is 14.0. The second-order valence-corrected chi connectivity index (χ2v) is 9.20. The Labute approximate surface area is 233 Å². The molecule has 0 saturated carbocycles. The molecule has 13 heteroatoms. The minimum Gasteiger partial charge on any atom is -0.459 e. The quantitative estimate of drug-likeness (QED) is 0.215. The Morgan fingerprint density at radius 1 is 1.17 bits per heavy atom. The zero-order chi connectivity index (χ0) is 29.6. The van der Waals surface area contributed by atoms with Crippen LogP contribution in [0.15, 0.2) is 75.7 Å². The molecule has 1 aromatic carbocycles. The van der Waals surface area contributed by atoms with E-state index in [1.807, 2.05) is 0 Å². The van der Waals surface area contributed by atoms with Gasteiger partial charge < -0.3 is 25.7 Å². The van der Waals surface area contributed by atoms with Crippen LogP contribution < -0.4 is 16.4 Å². The highest BCUT2D eigenvalue weighted by atomic mass is 19.4. The van der Waals surface area contributed by atoms with E-state index in [0.29, 0.717) is 31.8 Å². The van der Waals surface area contributed by atoms with Gasteiger partial charge in [-0.2, -0.15) is 13.2 Å². The lowest BCUT2D eigenvalue weighted by Gasteiger charge is -2.27. The van der Waals surface area contributed by atoms with Crippen molar-refractivity contribution in [3.05, 3.63) is 83.2 Å². The first kappa shape index (κ1) is 29.2. The number of alkyl halides is 3. The van der Waals surface area contributed by atoms with Crippen molar-refractivity contribution in [1.29, 1.82) is 0 Å². The molecule has 2 aromatic heterocycles. The maximum Gasteiger partial charge on any atom is 0.420 e. The number of piperazine rings is 1. The summed E-state index contributed by atoms with van der Waals surface area (Å²) in [5, 5.41) is 5.90. The fourth-order valence-electron chi connectivity index (χ4n) is 4.04. The molecule has 214 valence electrons. The largest absolute Gasteiger partial charge is 0.459 e. The van der Waals surface area contributed by atoms with E-state index in [1.54, 1.807) is 17.9 Å². The number of halogens is 3. The van der Waals surface area contributed by atoms with E-state index in [2.05, 4.69) is 32.3 Å². The van der Waals surface area contributed by atoms with Gasteiger partial charge in [0.25, 0.3) is 5.91 Å². The molecule has 0 atom stereocenters. The molecule has 0 aliphatic carbocycles. The number of aromatic nitrogens is 2. The lowest BCUT2D eigenvalue weighted by atomic mass is 10.1. The predicted molar refractivity (Wildman–Crippen MR) is 148 cm³/mol. The number of rotatable bonds is 8. The molecule has 10 nitrogen and oxygen atoms in total. The number of furan rings is 1. The molecule has 4 N–H and O–H groups in total. The minimum atomic E-state index is -4.73. The summed E-state index contributed by atoms with van der Waals surface area (Å²) >= 11 is 0. The number of nitrogens with two attached hydrogens (primary N) is 1. The summed E-state index contributed by atoms with van der Waals surface area (Å²) in [6, 6.07) is 3.79. The van der Waals surface area contributed by atoms with Crippen molar-refractivity contribution in [2.24, 2.45) is 10.7 Å². The summed E-state index contributed by atoms with van der Waals surface area (Å²) in [5.74, 6) is -0.337. The zero-order valence-corrected chi connectivity index (χ0v) is 22.2. The van der Waals surface area contributed by atoms with Crippen LogP contribution >= 0.6 is 0 Å². The SMILES string of the molecule is C=N\C(N)=C/C=C(C)/C=C/C(=O)NCc1cc2cc(-c3ncc(C(=O)N4CCNCC4)cn3)cc(C(F)(F)F)c2o1. The van der Waals surface area contributed by atoms with Crippen LogP contribution in [0.3, 0.4) is 0 Å². The number of carbonyl (C=O) groups excluding carboxylic acids is 2. The Hall–Kier alpha value is -4.78. The van der Waals surface area contributed by atoms with Crippen LogP contribution in [0, 0.1) is 0 Å². The Morgan fingerprint density at radius 2 is 1.88 bits per heavy atom. The molecule has 3 aromatic rings. The normalized spacial score (nSPS) is 15.0. The number of hydrogen-bond donors (Lipinski definition) is 3. The lowest BCUT2D eigenvalue weighted by Crippen LogP contribution is -2.46. The number of amides is 2. The third-order valence-electron chi connectivity index (χ3n) is 6.17. The van der Waals surface area contributed by atoms with Crippen molar-refractivity contribution in [3.8, 4) is 11.4 Å². The lowest BCUT2D eigenvalue weighted by molar-refractivity contribution is -0.136. The monoisotopic (exact) mass is 567 g/mol. The second kappa shape index (κ2) is 12.6. The van der Waals surface area contributed by atoms with E-state index >= 15 is 0 Å². The second-order valence-electron chi connectivity index (χ2n) is 9.20. The van der Waals surface area contributed by atoms with E-state index in [0.717, 1.165) is 6.07 Å². The molecule has 2 amide bonds. The highest BCUT2D eigenvalue weighted by molar-refractivity contribution is 5.94. The van der Waals surface area contributed by atoms with Gasteiger partial charge in [0.05, 0.1) is 17.7 Å². The van der Waals surface area contributed by atoms with Gasteiger partial charge in [0.2, 0.25) is 5.91 Å². The first-order valence-corrected chi connectivity index (χ1v) is 12.6. The average molecular weight is 568 g/mol. The maximum absolute atomic E-state index is 14.0. The highest BCUT2D eigenvalue weighted by Crippen LogP contribution is 2.38. The van der Waals surface area contributed by atoms with Gasteiger partial charge in [-0.15, -0.1) is 0 Å². The van der Waals surface area contributed by atoms with E-state index in [1.165, 1.54) is 42.8 Å². The van der Waals surface area contributed by atoms with E-state index in [-0.39, 0.29) is 52.0 Å². The van der Waals surface area contributed by atoms with Crippen LogP contribution in [0.2, 0.25) is 0 Å². The summed E-state index contributed by atoms with van der Waals surface area (Å²) in [4.78, 5) is 38.4. The Morgan fingerprint density at radius 3 is 2.54 bits per heavy atom. The Kier molecular flexibility index (Phi) is 8.97. The number of nitrogens with zero attached hydrogens (tertiary/aromatic N) is 4. The molecule has 0 spiro atoms. The Bertz CT molecular complexity index is 1530. The van der Waals surface area contributed by atoms with Gasteiger partial charge in [-0.25, -0.2) is 15.0 Å². The van der Waals surface area contributed by atoms with Crippen molar-refractivity contribution in [1.82, 2.24) is 25.5 Å². The summed E-state index contributed by atoms with van der Waals surface area (Å²) in [6.07, 6.45) is 3.88. The number of aliphatic imine (C=N–C) groups is 1. The van der Waals surface area contributed by atoms with Gasteiger partial charge in [0, 0.05) is 55.6 Å². The summed E-state index contributed by atoms with van der Waals surface area (Å²) < 4.78 is 47.4. The molecular formula is C28H28F3N7O3. The van der Waals surface area contributed by atoms with Gasteiger partial charge in [0.15, 0.2) is 5.82 Å². The number of nitrogens with one attached hydrogen (secondary N) is 2. The molecule has 1 fully saturated rings. The highest BCUT2D eigenvalue weighted by Gasteiger charge is 2.35. The number of allylic oxidation sites excluding steroid dienone is 4. The number of carbonyl (C=O) groups is 2. The Balaban J connectivity index is 1.52. The van der Waals surface area contributed by atoms with Crippen molar-refractivity contribution < 1.29 is 27.2 Å². The van der Waals surface area contributed by atoms with Gasteiger partial charge >= 0.3 is 6.18 Å². The smallest absolute Gasteiger partial charge is 0.420 e. The molecule has 1 aliphatic heterocycles. The predicted octanol–water partition coefficient (Wildman–Crippen LogP) is 3.57.